The van der Waals surface area contributed by atoms with Crippen molar-refractivity contribution in [2.45, 2.75) is 24.8 Å². The number of thiophene rings is 1. The molecule has 5 heteroatoms. The molecular weight excluding hydrogens is 411 g/mol. The second-order valence-corrected chi connectivity index (χ2v) is 7.83. The second-order valence-electron chi connectivity index (χ2n) is 4.37. The summed E-state index contributed by atoms with van der Waals surface area (Å²) in [5.74, 6) is 0.888. The molecule has 0 aliphatic heterocycles. The van der Waals surface area contributed by atoms with Gasteiger partial charge in [0.05, 0.1) is 10.9 Å². The highest BCUT2D eigenvalue weighted by Crippen LogP contribution is 2.41. The van der Waals surface area contributed by atoms with Gasteiger partial charge in [-0.2, -0.15) is 0 Å². The van der Waals surface area contributed by atoms with Gasteiger partial charge in [0, 0.05) is 9.35 Å². The highest BCUT2D eigenvalue weighted by molar-refractivity contribution is 9.10. The molecule has 1 nitrogen and oxygen atoms in total. The minimum atomic E-state index is 0.122. The van der Waals surface area contributed by atoms with Crippen LogP contribution in [-0.4, -0.2) is 6.10 Å². The molecule has 0 spiro atoms. The molecule has 0 aliphatic rings. The molecule has 0 radical (unpaired) electrons. The highest BCUT2D eigenvalue weighted by Gasteiger charge is 2.15. The van der Waals surface area contributed by atoms with E-state index in [0.717, 1.165) is 20.1 Å². The molecule has 0 saturated carbocycles. The fourth-order valence-corrected chi connectivity index (χ4v) is 4.11. The molecule has 0 fully saturated rings. The van der Waals surface area contributed by atoms with Gasteiger partial charge in [-0.15, -0.1) is 11.3 Å². The van der Waals surface area contributed by atoms with Gasteiger partial charge >= 0.3 is 0 Å². The summed E-state index contributed by atoms with van der Waals surface area (Å²) in [6.45, 7) is 4.04. The number of rotatable bonds is 4. The van der Waals surface area contributed by atoms with E-state index in [9.17, 15) is 0 Å². The Balaban J connectivity index is 2.25. The van der Waals surface area contributed by atoms with Gasteiger partial charge in [0.1, 0.15) is 10.1 Å². The molecule has 19 heavy (non-hydrogen) atoms. The van der Waals surface area contributed by atoms with Gasteiger partial charge in [-0.1, -0.05) is 39.7 Å². The van der Waals surface area contributed by atoms with Crippen LogP contribution in [0.3, 0.4) is 0 Å². The first-order valence-corrected chi connectivity index (χ1v) is 8.73. The van der Waals surface area contributed by atoms with Gasteiger partial charge < -0.3 is 4.74 Å². The lowest BCUT2D eigenvalue weighted by Crippen LogP contribution is -2.05. The first-order chi connectivity index (χ1) is 8.97. The molecule has 0 bridgehead atoms. The van der Waals surface area contributed by atoms with E-state index in [0.29, 0.717) is 0 Å². The molecular formula is C14H13Br2ClOS. The Kier molecular flexibility index (Phi) is 5.35. The molecule has 1 atom stereocenters. The van der Waals surface area contributed by atoms with E-state index in [1.165, 1.54) is 4.88 Å². The Morgan fingerprint density at radius 3 is 2.58 bits per heavy atom. The number of hydrogen-bond donors (Lipinski definition) is 0. The van der Waals surface area contributed by atoms with Crippen LogP contribution in [0.25, 0.3) is 0 Å². The van der Waals surface area contributed by atoms with Gasteiger partial charge in [-0.25, -0.2) is 0 Å². The maximum atomic E-state index is 6.09. The Morgan fingerprint density at radius 2 is 2.00 bits per heavy atom. The van der Waals surface area contributed by atoms with Crippen molar-refractivity contribution >= 4 is 54.8 Å². The van der Waals surface area contributed by atoms with Crippen LogP contribution in [0.2, 0.25) is 4.34 Å². The largest absolute Gasteiger partial charge is 0.491 e. The van der Waals surface area contributed by atoms with Crippen molar-refractivity contribution in [1.82, 2.24) is 0 Å². The third-order valence-electron chi connectivity index (χ3n) is 2.44. The quantitative estimate of drug-likeness (QED) is 0.514. The second kappa shape index (κ2) is 6.61. The fraction of sp³-hybridized carbons (Fsp3) is 0.286. The lowest BCUT2D eigenvalue weighted by atomic mass is 10.1. The smallest absolute Gasteiger partial charge is 0.120 e. The van der Waals surface area contributed by atoms with Crippen molar-refractivity contribution in [2.75, 3.05) is 0 Å². The number of hydrogen-bond acceptors (Lipinski definition) is 2. The lowest BCUT2D eigenvalue weighted by molar-refractivity contribution is 0.242. The van der Waals surface area contributed by atoms with Crippen molar-refractivity contribution in [3.8, 4) is 5.75 Å². The zero-order chi connectivity index (χ0) is 14.0. The van der Waals surface area contributed by atoms with E-state index >= 15 is 0 Å². The summed E-state index contributed by atoms with van der Waals surface area (Å²) < 4.78 is 7.43. The topological polar surface area (TPSA) is 9.23 Å². The van der Waals surface area contributed by atoms with Gasteiger partial charge in [0.25, 0.3) is 0 Å². The van der Waals surface area contributed by atoms with Crippen molar-refractivity contribution in [3.63, 3.8) is 0 Å². The average Bonchev–Trinajstić information content (AvgIpc) is 2.68. The zero-order valence-electron chi connectivity index (χ0n) is 10.5. The van der Waals surface area contributed by atoms with Crippen molar-refractivity contribution in [3.05, 3.63) is 49.6 Å². The van der Waals surface area contributed by atoms with Gasteiger partial charge in [-0.3, -0.25) is 0 Å². The van der Waals surface area contributed by atoms with Crippen LogP contribution < -0.4 is 4.74 Å². The molecule has 0 aliphatic carbocycles. The molecule has 102 valence electrons. The summed E-state index contributed by atoms with van der Waals surface area (Å²) in [7, 11) is 0. The summed E-state index contributed by atoms with van der Waals surface area (Å²) in [6, 6.07) is 10.2. The van der Waals surface area contributed by atoms with E-state index < -0.39 is 0 Å². The Bertz CT molecular complexity index is 549. The number of halogens is 3. The van der Waals surface area contributed by atoms with Crippen molar-refractivity contribution < 1.29 is 4.74 Å². The predicted octanol–water partition coefficient (Wildman–Crippen LogP) is 6.44. The van der Waals surface area contributed by atoms with E-state index in [1.54, 1.807) is 11.3 Å². The summed E-state index contributed by atoms with van der Waals surface area (Å²) in [6.07, 6.45) is 0.175. The van der Waals surface area contributed by atoms with E-state index in [4.69, 9.17) is 16.3 Å². The Hall–Kier alpha value is -0.0300. The molecule has 2 aromatic rings. The number of alkyl halides is 1. The third-order valence-corrected chi connectivity index (χ3v) is 6.30. The van der Waals surface area contributed by atoms with Gasteiger partial charge in [-0.05, 0) is 53.5 Å². The Morgan fingerprint density at radius 1 is 1.26 bits per heavy atom. The molecule has 0 amide bonds. The minimum Gasteiger partial charge on any atom is -0.491 e. The van der Waals surface area contributed by atoms with Crippen LogP contribution in [0.15, 0.2) is 34.8 Å². The third kappa shape index (κ3) is 3.97. The normalized spacial score (nSPS) is 12.7. The van der Waals surface area contributed by atoms with Crippen LogP contribution in [0.1, 0.15) is 29.1 Å². The average molecular weight is 425 g/mol. The fourth-order valence-electron chi connectivity index (χ4n) is 1.67. The first-order valence-electron chi connectivity index (χ1n) is 5.83. The number of ether oxygens (including phenoxy) is 1. The molecule has 0 saturated heterocycles. The first kappa shape index (κ1) is 15.4. The van der Waals surface area contributed by atoms with Crippen LogP contribution >= 0.6 is 54.8 Å². The summed E-state index contributed by atoms with van der Waals surface area (Å²) in [4.78, 5) is 1.29. The van der Waals surface area contributed by atoms with E-state index in [1.807, 2.05) is 32.0 Å². The summed E-state index contributed by atoms with van der Waals surface area (Å²) in [5.41, 5.74) is 1.16. The zero-order valence-corrected chi connectivity index (χ0v) is 15.2. The van der Waals surface area contributed by atoms with Crippen molar-refractivity contribution in [1.29, 1.82) is 0 Å². The van der Waals surface area contributed by atoms with E-state index in [2.05, 4.69) is 44.0 Å². The summed E-state index contributed by atoms with van der Waals surface area (Å²) >= 11 is 14.8. The highest BCUT2D eigenvalue weighted by atomic mass is 79.9. The predicted molar refractivity (Wildman–Crippen MR) is 90.0 cm³/mol. The minimum absolute atomic E-state index is 0.122. The van der Waals surface area contributed by atoms with Crippen LogP contribution in [-0.2, 0) is 0 Å². The monoisotopic (exact) mass is 422 g/mol. The molecule has 1 aromatic heterocycles. The van der Waals surface area contributed by atoms with E-state index in [-0.39, 0.29) is 10.9 Å². The molecule has 2 rings (SSSR count). The summed E-state index contributed by atoms with van der Waals surface area (Å²) in [5, 5.41) is 0. The van der Waals surface area contributed by atoms with Crippen LogP contribution in [0, 0.1) is 0 Å². The number of benzene rings is 1. The Labute approximate surface area is 139 Å². The molecule has 1 unspecified atom stereocenters. The SMILES string of the molecule is CC(C)Oc1cccc(C(Br)c2cc(Br)c(Cl)s2)c1. The van der Waals surface area contributed by atoms with Gasteiger partial charge in [0.2, 0.25) is 0 Å². The standard InChI is InChI=1S/C14H13Br2ClOS/c1-8(2)18-10-5-3-4-9(6-10)13(16)12-7-11(15)14(17)19-12/h3-8,13H,1-2H3. The molecule has 1 heterocycles. The maximum absolute atomic E-state index is 6.09. The lowest BCUT2D eigenvalue weighted by Gasteiger charge is -2.13. The van der Waals surface area contributed by atoms with Gasteiger partial charge in [0.15, 0.2) is 0 Å². The van der Waals surface area contributed by atoms with Crippen LogP contribution in [0.5, 0.6) is 5.75 Å². The maximum Gasteiger partial charge on any atom is 0.120 e. The molecule has 0 N–H and O–H groups in total. The van der Waals surface area contributed by atoms with Crippen molar-refractivity contribution in [2.24, 2.45) is 0 Å². The van der Waals surface area contributed by atoms with Crippen LogP contribution in [0.4, 0.5) is 0 Å². The molecule has 1 aromatic carbocycles.